The minimum Gasteiger partial charge on any atom is -0.357 e. The van der Waals surface area contributed by atoms with Crippen molar-refractivity contribution >= 4 is 46.6 Å². The summed E-state index contributed by atoms with van der Waals surface area (Å²) in [4.78, 5) is 12.8. The van der Waals surface area contributed by atoms with Crippen LogP contribution in [-0.2, 0) is 11.3 Å². The molecule has 0 aliphatic rings. The van der Waals surface area contributed by atoms with E-state index >= 15 is 0 Å². The summed E-state index contributed by atoms with van der Waals surface area (Å²) < 4.78 is 0. The van der Waals surface area contributed by atoms with Gasteiger partial charge in [-0.05, 0) is 29.9 Å². The molecule has 0 saturated heterocycles. The van der Waals surface area contributed by atoms with Crippen molar-refractivity contribution in [1.29, 1.82) is 0 Å². The maximum Gasteiger partial charge on any atom is 0.239 e. The summed E-state index contributed by atoms with van der Waals surface area (Å²) in [5.41, 5.74) is 6.39. The van der Waals surface area contributed by atoms with Crippen LogP contribution >= 0.6 is 35.6 Å². The average molecular weight is 380 g/mol. The Morgan fingerprint density at radius 1 is 1.04 bits per heavy atom. The fraction of sp³-hybridized carbons (Fsp3) is 0.176. The van der Waals surface area contributed by atoms with E-state index in [0.29, 0.717) is 28.9 Å². The summed E-state index contributed by atoms with van der Waals surface area (Å²) in [5, 5.41) is 4.11. The molecule has 0 aliphatic carbocycles. The van der Waals surface area contributed by atoms with Gasteiger partial charge in [0, 0.05) is 23.6 Å². The lowest BCUT2D eigenvalue weighted by molar-refractivity contribution is -0.121. The number of thioether (sulfide) groups is 1. The van der Waals surface area contributed by atoms with E-state index in [0.717, 1.165) is 10.5 Å². The van der Waals surface area contributed by atoms with Crippen molar-refractivity contribution in [1.82, 2.24) is 16.2 Å². The molecule has 0 aliphatic heterocycles. The highest BCUT2D eigenvalue weighted by atomic mass is 35.5. The van der Waals surface area contributed by atoms with Gasteiger partial charge in [0.2, 0.25) is 5.91 Å². The van der Waals surface area contributed by atoms with E-state index in [-0.39, 0.29) is 5.91 Å². The molecule has 0 atom stereocenters. The number of benzene rings is 2. The summed E-state index contributed by atoms with van der Waals surface area (Å²) in [6, 6.07) is 17.5. The Hall–Kier alpha value is -1.76. The van der Waals surface area contributed by atoms with E-state index < -0.39 is 0 Å². The van der Waals surface area contributed by atoms with Crippen molar-refractivity contribution in [3.8, 4) is 0 Å². The summed E-state index contributed by atoms with van der Waals surface area (Å²) in [6.45, 7) is 0.602. The molecule has 24 heavy (non-hydrogen) atoms. The molecule has 0 aromatic heterocycles. The standard InChI is InChI=1S/C17H18ClN3OS2/c18-14-8-4-5-9-15(14)24-11-10-16(22)20-21-17(23)19-12-13-6-2-1-3-7-13/h1-9H,10-12H2,(H,20,22)(H2,19,21,23). The highest BCUT2D eigenvalue weighted by Crippen LogP contribution is 2.26. The molecule has 1 amide bonds. The fourth-order valence-corrected chi connectivity index (χ4v) is 3.14. The lowest BCUT2D eigenvalue weighted by atomic mass is 10.2. The van der Waals surface area contributed by atoms with Crippen LogP contribution in [0.3, 0.4) is 0 Å². The zero-order valence-electron chi connectivity index (χ0n) is 12.9. The Morgan fingerprint density at radius 2 is 1.75 bits per heavy atom. The summed E-state index contributed by atoms with van der Waals surface area (Å²) >= 11 is 12.7. The average Bonchev–Trinajstić information content (AvgIpc) is 2.61. The van der Waals surface area contributed by atoms with E-state index in [9.17, 15) is 4.79 Å². The van der Waals surface area contributed by atoms with Crippen molar-refractivity contribution in [3.63, 3.8) is 0 Å². The predicted octanol–water partition coefficient (Wildman–Crippen LogP) is 3.52. The largest absolute Gasteiger partial charge is 0.357 e. The molecule has 0 unspecified atom stereocenters. The monoisotopic (exact) mass is 379 g/mol. The third kappa shape index (κ3) is 6.78. The maximum absolute atomic E-state index is 11.8. The predicted molar refractivity (Wildman–Crippen MR) is 104 cm³/mol. The second-order valence-corrected chi connectivity index (χ2v) is 6.82. The fourth-order valence-electron chi connectivity index (χ4n) is 1.83. The Balaban J connectivity index is 1.60. The van der Waals surface area contributed by atoms with Crippen LogP contribution in [0.2, 0.25) is 5.02 Å². The quantitative estimate of drug-likeness (QED) is 0.407. The van der Waals surface area contributed by atoms with Gasteiger partial charge in [0.25, 0.3) is 0 Å². The molecule has 2 aromatic rings. The topological polar surface area (TPSA) is 53.2 Å². The SMILES string of the molecule is O=C(CCSc1ccccc1Cl)NNC(=S)NCc1ccccc1. The van der Waals surface area contributed by atoms with Crippen LogP contribution in [0.1, 0.15) is 12.0 Å². The number of carbonyl (C=O) groups is 1. The van der Waals surface area contributed by atoms with Crippen LogP contribution in [0.15, 0.2) is 59.5 Å². The molecule has 0 heterocycles. The number of hydrazine groups is 1. The molecule has 0 spiro atoms. The van der Waals surface area contributed by atoms with Crippen LogP contribution in [0.5, 0.6) is 0 Å². The molecule has 0 fully saturated rings. The van der Waals surface area contributed by atoms with Crippen LogP contribution in [0.4, 0.5) is 0 Å². The minimum atomic E-state index is -0.126. The van der Waals surface area contributed by atoms with E-state index in [1.54, 1.807) is 11.8 Å². The zero-order valence-corrected chi connectivity index (χ0v) is 15.3. The minimum absolute atomic E-state index is 0.126. The van der Waals surface area contributed by atoms with Crippen LogP contribution in [-0.4, -0.2) is 16.8 Å². The summed E-state index contributed by atoms with van der Waals surface area (Å²) in [7, 11) is 0. The van der Waals surface area contributed by atoms with Crippen molar-refractivity contribution < 1.29 is 4.79 Å². The Bertz CT molecular complexity index is 683. The third-order valence-electron chi connectivity index (χ3n) is 3.03. The van der Waals surface area contributed by atoms with Crippen molar-refractivity contribution in [2.75, 3.05) is 5.75 Å². The second kappa shape index (κ2) is 10.2. The van der Waals surface area contributed by atoms with E-state index in [1.807, 2.05) is 54.6 Å². The number of thiocarbonyl (C=S) groups is 1. The third-order valence-corrected chi connectivity index (χ3v) is 4.80. The highest BCUT2D eigenvalue weighted by molar-refractivity contribution is 7.99. The van der Waals surface area contributed by atoms with Gasteiger partial charge in [-0.25, -0.2) is 0 Å². The van der Waals surface area contributed by atoms with Gasteiger partial charge < -0.3 is 5.32 Å². The molecule has 0 saturated carbocycles. The second-order valence-electron chi connectivity index (χ2n) is 4.87. The molecule has 126 valence electrons. The van der Waals surface area contributed by atoms with Crippen molar-refractivity contribution in [3.05, 3.63) is 65.2 Å². The molecule has 2 rings (SSSR count). The Labute approximate surface area is 156 Å². The number of rotatable bonds is 6. The van der Waals surface area contributed by atoms with Crippen LogP contribution in [0.25, 0.3) is 0 Å². The van der Waals surface area contributed by atoms with Crippen molar-refractivity contribution in [2.45, 2.75) is 17.9 Å². The van der Waals surface area contributed by atoms with Gasteiger partial charge in [0.15, 0.2) is 5.11 Å². The number of amides is 1. The Kier molecular flexibility index (Phi) is 7.88. The normalized spacial score (nSPS) is 10.0. The molecular formula is C17H18ClN3OS2. The number of carbonyl (C=O) groups excluding carboxylic acids is 1. The number of halogens is 1. The van der Waals surface area contributed by atoms with Gasteiger partial charge in [-0.2, -0.15) is 0 Å². The van der Waals surface area contributed by atoms with Gasteiger partial charge in [-0.3, -0.25) is 15.6 Å². The lowest BCUT2D eigenvalue weighted by Gasteiger charge is -2.11. The van der Waals surface area contributed by atoms with Crippen LogP contribution < -0.4 is 16.2 Å². The molecule has 4 nitrogen and oxygen atoms in total. The summed E-state index contributed by atoms with van der Waals surface area (Å²) in [5.74, 6) is 0.514. The van der Waals surface area contributed by atoms with E-state index in [4.69, 9.17) is 23.8 Å². The lowest BCUT2D eigenvalue weighted by Crippen LogP contribution is -2.46. The highest BCUT2D eigenvalue weighted by Gasteiger charge is 2.04. The molecule has 7 heteroatoms. The maximum atomic E-state index is 11.8. The van der Waals surface area contributed by atoms with Crippen molar-refractivity contribution in [2.24, 2.45) is 0 Å². The van der Waals surface area contributed by atoms with Gasteiger partial charge in [0.1, 0.15) is 0 Å². The number of hydrogen-bond acceptors (Lipinski definition) is 3. The molecule has 3 N–H and O–H groups in total. The van der Waals surface area contributed by atoms with E-state index in [2.05, 4.69) is 16.2 Å². The van der Waals surface area contributed by atoms with Gasteiger partial charge in [-0.1, -0.05) is 54.1 Å². The zero-order chi connectivity index (χ0) is 17.2. The number of nitrogens with one attached hydrogen (secondary N) is 3. The first-order valence-electron chi connectivity index (χ1n) is 7.39. The molecule has 0 bridgehead atoms. The first-order chi connectivity index (χ1) is 11.6. The summed E-state index contributed by atoms with van der Waals surface area (Å²) in [6.07, 6.45) is 0.365. The van der Waals surface area contributed by atoms with Gasteiger partial charge in [0.05, 0.1) is 5.02 Å². The van der Waals surface area contributed by atoms with E-state index in [1.165, 1.54) is 0 Å². The molecular weight excluding hydrogens is 362 g/mol. The molecule has 2 aromatic carbocycles. The van der Waals surface area contributed by atoms with Crippen LogP contribution in [0, 0.1) is 0 Å². The molecule has 0 radical (unpaired) electrons. The van der Waals surface area contributed by atoms with Gasteiger partial charge >= 0.3 is 0 Å². The first kappa shape index (κ1) is 18.6. The van der Waals surface area contributed by atoms with Gasteiger partial charge in [-0.15, -0.1) is 11.8 Å². The Morgan fingerprint density at radius 3 is 2.50 bits per heavy atom. The number of hydrogen-bond donors (Lipinski definition) is 3. The first-order valence-corrected chi connectivity index (χ1v) is 9.16. The smallest absolute Gasteiger partial charge is 0.239 e.